The van der Waals surface area contributed by atoms with Crippen LogP contribution >= 0.6 is 11.8 Å². The molecule has 3 aliphatic rings. The minimum Gasteiger partial charge on any atom is -0.472 e. The zero-order valence-electron chi connectivity index (χ0n) is 15.5. The van der Waals surface area contributed by atoms with Crippen LogP contribution in [0.2, 0.25) is 0 Å². The summed E-state index contributed by atoms with van der Waals surface area (Å²) in [5, 5.41) is 0.779. The van der Waals surface area contributed by atoms with Crippen LogP contribution in [0.3, 0.4) is 0 Å². The summed E-state index contributed by atoms with van der Waals surface area (Å²) in [5.74, 6) is 1.41. The van der Waals surface area contributed by atoms with E-state index in [1.807, 2.05) is 23.1 Å². The Hall–Kier alpha value is -2.35. The summed E-state index contributed by atoms with van der Waals surface area (Å²) in [6, 6.07) is 5.46. The Labute approximate surface area is 167 Å². The number of fused-ring (bicyclic) bond motifs is 2. The molecule has 0 bridgehead atoms. The highest BCUT2D eigenvalue weighted by Gasteiger charge is 2.34. The molecule has 2 aliphatic heterocycles. The lowest BCUT2D eigenvalue weighted by molar-refractivity contribution is -0.131. The number of rotatable bonds is 4. The van der Waals surface area contributed by atoms with Gasteiger partial charge in [0.05, 0.1) is 18.3 Å². The van der Waals surface area contributed by atoms with Crippen LogP contribution in [0.25, 0.3) is 0 Å². The lowest BCUT2D eigenvalue weighted by Gasteiger charge is -2.20. The molecule has 7 nitrogen and oxygen atoms in total. The summed E-state index contributed by atoms with van der Waals surface area (Å²) < 4.78 is 7.65. The first-order valence-corrected chi connectivity index (χ1v) is 10.8. The van der Waals surface area contributed by atoms with Crippen LogP contribution < -0.4 is 10.3 Å². The Kier molecular flexibility index (Phi) is 4.58. The van der Waals surface area contributed by atoms with Gasteiger partial charge in [-0.05, 0) is 25.3 Å². The summed E-state index contributed by atoms with van der Waals surface area (Å²) in [5.41, 5.74) is 1.89. The van der Waals surface area contributed by atoms with Crippen molar-refractivity contribution in [1.29, 1.82) is 0 Å². The highest BCUT2D eigenvalue weighted by molar-refractivity contribution is 7.99. The third-order valence-electron chi connectivity index (χ3n) is 5.71. The molecule has 0 spiro atoms. The fourth-order valence-corrected chi connectivity index (χ4v) is 5.43. The van der Waals surface area contributed by atoms with Crippen molar-refractivity contribution in [2.45, 2.75) is 49.4 Å². The molecule has 0 aromatic carbocycles. The number of carbonyl (C=O) groups excluding carboxylic acids is 1. The van der Waals surface area contributed by atoms with Gasteiger partial charge in [-0.2, -0.15) is 0 Å². The van der Waals surface area contributed by atoms with Gasteiger partial charge >= 0.3 is 0 Å². The van der Waals surface area contributed by atoms with Crippen LogP contribution in [0, 0.1) is 0 Å². The van der Waals surface area contributed by atoms with Crippen molar-refractivity contribution in [2.24, 2.45) is 0 Å². The highest BCUT2D eigenvalue weighted by Crippen LogP contribution is 2.34. The van der Waals surface area contributed by atoms with Crippen LogP contribution in [0.15, 0.2) is 34.3 Å². The number of nitrogens with zero attached hydrogens (tertiary/aromatic N) is 4. The Morgan fingerprint density at radius 2 is 2.25 bits per heavy atom. The SMILES string of the molecule is O=C(CC1CSc2nc3c(c(=O)n21)CCC3)N1CCC(Oc2ccccn2)C1. The molecule has 0 radical (unpaired) electrons. The predicted molar refractivity (Wildman–Crippen MR) is 105 cm³/mol. The molecule has 1 amide bonds. The molecule has 146 valence electrons. The van der Waals surface area contributed by atoms with Gasteiger partial charge in [0.25, 0.3) is 5.56 Å². The Morgan fingerprint density at radius 1 is 1.32 bits per heavy atom. The number of carbonyl (C=O) groups is 1. The largest absolute Gasteiger partial charge is 0.472 e. The summed E-state index contributed by atoms with van der Waals surface area (Å²) in [7, 11) is 0. The second-order valence-corrected chi connectivity index (χ2v) is 8.54. The number of amides is 1. The monoisotopic (exact) mass is 398 g/mol. The highest BCUT2D eigenvalue weighted by atomic mass is 32.2. The van der Waals surface area contributed by atoms with Gasteiger partial charge in [0.15, 0.2) is 5.16 Å². The predicted octanol–water partition coefficient (Wildman–Crippen LogP) is 1.84. The maximum atomic E-state index is 12.9. The smallest absolute Gasteiger partial charge is 0.257 e. The number of thioether (sulfide) groups is 1. The standard InChI is InChI=1S/C20H22N4O3S/c25-18(23-9-7-14(11-23)27-17-6-1-2-8-21-17)10-13-12-28-20-22-16-5-3-4-15(16)19(26)24(13)20/h1-2,6,8,13-14H,3-5,7,9-12H2. The van der Waals surface area contributed by atoms with E-state index >= 15 is 0 Å². The van der Waals surface area contributed by atoms with Gasteiger partial charge in [-0.15, -0.1) is 0 Å². The molecule has 2 unspecified atom stereocenters. The van der Waals surface area contributed by atoms with Crippen molar-refractivity contribution in [3.8, 4) is 5.88 Å². The van der Waals surface area contributed by atoms with E-state index in [1.54, 1.807) is 22.5 Å². The maximum Gasteiger partial charge on any atom is 0.257 e. The number of hydrogen-bond acceptors (Lipinski definition) is 6. The fourth-order valence-electron chi connectivity index (χ4n) is 4.27. The summed E-state index contributed by atoms with van der Waals surface area (Å²) in [6.07, 6.45) is 5.52. The number of hydrogen-bond donors (Lipinski definition) is 0. The average molecular weight is 398 g/mol. The summed E-state index contributed by atoms with van der Waals surface area (Å²) in [6.45, 7) is 1.25. The minimum atomic E-state index is -0.103. The molecule has 2 atom stereocenters. The van der Waals surface area contributed by atoms with Crippen LogP contribution in [-0.4, -0.2) is 50.3 Å². The Morgan fingerprint density at radius 3 is 3.11 bits per heavy atom. The van der Waals surface area contributed by atoms with Crippen molar-refractivity contribution in [2.75, 3.05) is 18.8 Å². The van der Waals surface area contributed by atoms with E-state index in [2.05, 4.69) is 9.97 Å². The molecule has 0 N–H and O–H groups in total. The van der Waals surface area contributed by atoms with Crippen LogP contribution in [0.5, 0.6) is 5.88 Å². The topological polar surface area (TPSA) is 77.3 Å². The van der Waals surface area contributed by atoms with Crippen LogP contribution in [0.4, 0.5) is 0 Å². The second-order valence-electron chi connectivity index (χ2n) is 7.55. The zero-order valence-corrected chi connectivity index (χ0v) is 16.4. The summed E-state index contributed by atoms with van der Waals surface area (Å²) >= 11 is 1.59. The minimum absolute atomic E-state index is 0.0308. The van der Waals surface area contributed by atoms with Crippen LogP contribution in [0.1, 0.15) is 36.6 Å². The van der Waals surface area contributed by atoms with Gasteiger partial charge in [0.2, 0.25) is 11.8 Å². The number of aromatic nitrogens is 3. The van der Waals surface area contributed by atoms with Gasteiger partial charge in [0, 0.05) is 43.0 Å². The molecule has 8 heteroatoms. The van der Waals surface area contributed by atoms with Gasteiger partial charge in [-0.25, -0.2) is 9.97 Å². The molecule has 0 saturated carbocycles. The second kappa shape index (κ2) is 7.24. The van der Waals surface area contributed by atoms with E-state index in [9.17, 15) is 9.59 Å². The molecule has 28 heavy (non-hydrogen) atoms. The van der Waals surface area contributed by atoms with E-state index in [1.165, 1.54) is 0 Å². The Bertz CT molecular complexity index is 962. The van der Waals surface area contributed by atoms with E-state index in [-0.39, 0.29) is 23.6 Å². The number of ether oxygens (including phenoxy) is 1. The van der Waals surface area contributed by atoms with Crippen molar-refractivity contribution < 1.29 is 9.53 Å². The molecule has 5 rings (SSSR count). The van der Waals surface area contributed by atoms with Crippen LogP contribution in [-0.2, 0) is 17.6 Å². The molecular weight excluding hydrogens is 376 g/mol. The first kappa shape index (κ1) is 17.7. The molecule has 1 fully saturated rings. The maximum absolute atomic E-state index is 12.9. The number of likely N-dealkylation sites (tertiary alicyclic amines) is 1. The molecule has 2 aromatic rings. The van der Waals surface area contributed by atoms with Gasteiger partial charge in [0.1, 0.15) is 6.10 Å². The first-order chi connectivity index (χ1) is 13.7. The van der Waals surface area contributed by atoms with Crippen molar-refractivity contribution in [3.63, 3.8) is 0 Å². The van der Waals surface area contributed by atoms with E-state index in [4.69, 9.17) is 4.74 Å². The van der Waals surface area contributed by atoms with Crippen molar-refractivity contribution in [1.82, 2.24) is 19.4 Å². The first-order valence-electron chi connectivity index (χ1n) is 9.81. The quantitative estimate of drug-likeness (QED) is 0.732. The van der Waals surface area contributed by atoms with E-state index in [0.717, 1.165) is 47.8 Å². The molecule has 1 saturated heterocycles. The lowest BCUT2D eigenvalue weighted by Crippen LogP contribution is -2.35. The van der Waals surface area contributed by atoms with Gasteiger partial charge in [-0.1, -0.05) is 17.8 Å². The van der Waals surface area contributed by atoms with E-state index < -0.39 is 0 Å². The number of aryl methyl sites for hydroxylation is 1. The average Bonchev–Trinajstić information content (AvgIpc) is 3.43. The zero-order chi connectivity index (χ0) is 19.1. The normalized spacial score (nSPS) is 22.9. The van der Waals surface area contributed by atoms with Gasteiger partial charge in [-0.3, -0.25) is 14.2 Å². The molecule has 2 aromatic heterocycles. The lowest BCUT2D eigenvalue weighted by atomic mass is 10.2. The number of pyridine rings is 1. The molecule has 1 aliphatic carbocycles. The third-order valence-corrected chi connectivity index (χ3v) is 6.80. The van der Waals surface area contributed by atoms with Gasteiger partial charge < -0.3 is 9.64 Å². The molecular formula is C20H22N4O3S. The third kappa shape index (κ3) is 3.19. The van der Waals surface area contributed by atoms with E-state index in [0.29, 0.717) is 25.4 Å². The summed E-state index contributed by atoms with van der Waals surface area (Å²) in [4.78, 5) is 36.5. The van der Waals surface area contributed by atoms with Crippen molar-refractivity contribution in [3.05, 3.63) is 46.0 Å². The fraction of sp³-hybridized carbons (Fsp3) is 0.500. The van der Waals surface area contributed by atoms with Crippen molar-refractivity contribution >= 4 is 17.7 Å². The Balaban J connectivity index is 1.25. The molecule has 4 heterocycles.